The van der Waals surface area contributed by atoms with Crippen molar-refractivity contribution in [1.29, 1.82) is 0 Å². The Bertz CT molecular complexity index is 1120. The van der Waals surface area contributed by atoms with E-state index in [0.29, 0.717) is 5.56 Å². The quantitative estimate of drug-likeness (QED) is 0.240. The van der Waals surface area contributed by atoms with Gasteiger partial charge in [-0.25, -0.2) is 14.8 Å². The van der Waals surface area contributed by atoms with E-state index in [-0.39, 0.29) is 5.97 Å². The lowest BCUT2D eigenvalue weighted by molar-refractivity contribution is 0.0600. The molecule has 0 aliphatic carbocycles. The Labute approximate surface area is 171 Å². The second-order valence-electron chi connectivity index (χ2n) is 6.35. The van der Waals surface area contributed by atoms with Gasteiger partial charge in [0, 0.05) is 16.7 Å². The number of hydrogen-bond donors (Lipinski definition) is 0. The Hall–Kier alpha value is -2.70. The number of thiophene rings is 1. The fourth-order valence-electron chi connectivity index (χ4n) is 2.91. The molecular formula is C22H18N2O2S2. The van der Waals surface area contributed by atoms with Crippen molar-refractivity contribution in [2.24, 2.45) is 0 Å². The van der Waals surface area contributed by atoms with Crippen LogP contribution in [0.5, 0.6) is 0 Å². The van der Waals surface area contributed by atoms with Crippen molar-refractivity contribution < 1.29 is 9.53 Å². The normalized spacial score (nSPS) is 10.9. The lowest BCUT2D eigenvalue weighted by atomic mass is 10.1. The minimum Gasteiger partial charge on any atom is -0.465 e. The summed E-state index contributed by atoms with van der Waals surface area (Å²) in [5.41, 5.74) is 5.27. The molecule has 28 heavy (non-hydrogen) atoms. The van der Waals surface area contributed by atoms with Crippen LogP contribution >= 0.6 is 23.1 Å². The van der Waals surface area contributed by atoms with Crippen LogP contribution in [0.15, 0.2) is 65.3 Å². The van der Waals surface area contributed by atoms with E-state index in [4.69, 9.17) is 4.74 Å². The smallest absolute Gasteiger partial charge is 0.337 e. The lowest BCUT2D eigenvalue weighted by Gasteiger charge is -2.06. The van der Waals surface area contributed by atoms with Crippen molar-refractivity contribution in [3.63, 3.8) is 0 Å². The molecule has 0 radical (unpaired) electrons. The van der Waals surface area contributed by atoms with Crippen LogP contribution in [-0.4, -0.2) is 23.0 Å². The van der Waals surface area contributed by atoms with E-state index in [9.17, 15) is 4.79 Å². The van der Waals surface area contributed by atoms with Gasteiger partial charge in [-0.05, 0) is 30.2 Å². The Morgan fingerprint density at radius 2 is 1.82 bits per heavy atom. The summed E-state index contributed by atoms with van der Waals surface area (Å²) in [5, 5.41) is 4.23. The fourth-order valence-corrected chi connectivity index (χ4v) is 4.86. The third-order valence-corrected chi connectivity index (χ3v) is 6.40. The monoisotopic (exact) mass is 406 g/mol. The maximum absolute atomic E-state index is 11.6. The van der Waals surface area contributed by atoms with Crippen LogP contribution in [0.2, 0.25) is 0 Å². The summed E-state index contributed by atoms with van der Waals surface area (Å²) in [7, 11) is 1.39. The van der Waals surface area contributed by atoms with Crippen LogP contribution < -0.4 is 0 Å². The van der Waals surface area contributed by atoms with Gasteiger partial charge in [0.15, 0.2) is 0 Å². The number of methoxy groups -OCH3 is 1. The molecule has 0 N–H and O–H groups in total. The van der Waals surface area contributed by atoms with Gasteiger partial charge >= 0.3 is 5.97 Å². The van der Waals surface area contributed by atoms with Crippen LogP contribution in [0.1, 0.15) is 21.5 Å². The second-order valence-corrected chi connectivity index (χ2v) is 8.17. The summed E-state index contributed by atoms with van der Waals surface area (Å²) in [4.78, 5) is 21.6. The zero-order valence-electron chi connectivity index (χ0n) is 15.5. The zero-order chi connectivity index (χ0) is 19.5. The molecule has 0 unspecified atom stereocenters. The molecule has 0 amide bonds. The van der Waals surface area contributed by atoms with E-state index in [2.05, 4.69) is 46.5 Å². The van der Waals surface area contributed by atoms with Crippen LogP contribution in [0.25, 0.3) is 21.3 Å². The summed E-state index contributed by atoms with van der Waals surface area (Å²) in [5.74, 6) is 0.439. The van der Waals surface area contributed by atoms with Gasteiger partial charge in [-0.15, -0.1) is 23.1 Å². The van der Waals surface area contributed by atoms with E-state index in [1.807, 2.05) is 12.1 Å². The van der Waals surface area contributed by atoms with Crippen LogP contribution in [0.4, 0.5) is 0 Å². The van der Waals surface area contributed by atoms with Gasteiger partial charge < -0.3 is 4.74 Å². The molecule has 0 aliphatic heterocycles. The molecule has 2 aromatic heterocycles. The molecule has 0 saturated heterocycles. The predicted molar refractivity (Wildman–Crippen MR) is 115 cm³/mol. The van der Waals surface area contributed by atoms with Gasteiger partial charge in [0.1, 0.15) is 16.2 Å². The van der Waals surface area contributed by atoms with Gasteiger partial charge in [-0.3, -0.25) is 0 Å². The molecule has 0 bridgehead atoms. The molecule has 0 atom stereocenters. The number of rotatable bonds is 5. The number of esters is 1. The first-order chi connectivity index (χ1) is 13.7. The highest BCUT2D eigenvalue weighted by Crippen LogP contribution is 2.38. The first-order valence-corrected chi connectivity index (χ1v) is 10.6. The summed E-state index contributed by atoms with van der Waals surface area (Å²) in [6.45, 7) is 2.09. The van der Waals surface area contributed by atoms with Gasteiger partial charge in [-0.2, -0.15) is 0 Å². The molecule has 4 rings (SSSR count). The Balaban J connectivity index is 1.61. The number of carbonyl (C=O) groups is 1. The van der Waals surface area contributed by atoms with Crippen molar-refractivity contribution in [2.45, 2.75) is 17.7 Å². The number of carbonyl (C=O) groups excluding carboxylic acids is 1. The predicted octanol–water partition coefficient (Wildman–Crippen LogP) is 5.75. The highest BCUT2D eigenvalue weighted by molar-refractivity contribution is 7.98. The average molecular weight is 407 g/mol. The van der Waals surface area contributed by atoms with E-state index in [0.717, 1.165) is 26.6 Å². The Kier molecular flexibility index (Phi) is 5.41. The summed E-state index contributed by atoms with van der Waals surface area (Å²) in [6.07, 6.45) is 1.63. The SMILES string of the molecule is COC(=O)c1ccc(CSc2ncnc3scc(-c4ccc(C)cc4)c23)cc1. The second kappa shape index (κ2) is 8.12. The maximum atomic E-state index is 11.6. The van der Waals surface area contributed by atoms with E-state index < -0.39 is 0 Å². The summed E-state index contributed by atoms with van der Waals surface area (Å²) < 4.78 is 4.75. The molecule has 0 spiro atoms. The highest BCUT2D eigenvalue weighted by atomic mass is 32.2. The third-order valence-electron chi connectivity index (χ3n) is 4.45. The summed E-state index contributed by atoms with van der Waals surface area (Å²) in [6, 6.07) is 16.0. The Morgan fingerprint density at radius 1 is 1.07 bits per heavy atom. The highest BCUT2D eigenvalue weighted by Gasteiger charge is 2.14. The molecule has 4 aromatic rings. The molecule has 140 valence electrons. The van der Waals surface area contributed by atoms with Crippen molar-refractivity contribution in [3.8, 4) is 11.1 Å². The summed E-state index contributed by atoms with van der Waals surface area (Å²) >= 11 is 3.32. The first-order valence-electron chi connectivity index (χ1n) is 8.75. The van der Waals surface area contributed by atoms with Crippen molar-refractivity contribution in [2.75, 3.05) is 7.11 Å². The number of fused-ring (bicyclic) bond motifs is 1. The first kappa shape index (κ1) is 18.7. The van der Waals surface area contributed by atoms with Crippen LogP contribution in [0, 0.1) is 6.92 Å². The number of nitrogens with zero attached hydrogens (tertiary/aromatic N) is 2. The number of thioether (sulfide) groups is 1. The zero-order valence-corrected chi connectivity index (χ0v) is 17.1. The number of benzene rings is 2. The van der Waals surface area contributed by atoms with E-state index >= 15 is 0 Å². The standard InChI is InChI=1S/C22H18N2O2S2/c1-14-3-7-16(8-4-14)18-12-28-21-19(18)20(23-13-24-21)27-11-15-5-9-17(10-6-15)22(25)26-2/h3-10,12-13H,11H2,1-2H3. The van der Waals surface area contributed by atoms with Gasteiger partial charge in [0.05, 0.1) is 18.1 Å². The van der Waals surface area contributed by atoms with Crippen LogP contribution in [-0.2, 0) is 10.5 Å². The maximum Gasteiger partial charge on any atom is 0.337 e. The van der Waals surface area contributed by atoms with Crippen LogP contribution in [0.3, 0.4) is 0 Å². The van der Waals surface area contributed by atoms with Crippen molar-refractivity contribution >= 4 is 39.3 Å². The average Bonchev–Trinajstić information content (AvgIpc) is 3.17. The number of ether oxygens (including phenoxy) is 1. The number of aryl methyl sites for hydroxylation is 1. The van der Waals surface area contributed by atoms with E-state index in [1.165, 1.54) is 23.8 Å². The minimum atomic E-state index is -0.322. The largest absolute Gasteiger partial charge is 0.465 e. The minimum absolute atomic E-state index is 0.322. The molecule has 6 heteroatoms. The molecule has 2 heterocycles. The molecule has 2 aromatic carbocycles. The Morgan fingerprint density at radius 3 is 2.54 bits per heavy atom. The lowest BCUT2D eigenvalue weighted by Crippen LogP contribution is -2.00. The number of aromatic nitrogens is 2. The molecule has 0 aliphatic rings. The molecule has 0 fully saturated rings. The van der Waals surface area contributed by atoms with Crippen molar-refractivity contribution in [1.82, 2.24) is 9.97 Å². The molecule has 4 nitrogen and oxygen atoms in total. The van der Waals surface area contributed by atoms with Gasteiger partial charge in [0.25, 0.3) is 0 Å². The fraction of sp³-hybridized carbons (Fsp3) is 0.136. The van der Waals surface area contributed by atoms with E-state index in [1.54, 1.807) is 41.6 Å². The molecular weight excluding hydrogens is 388 g/mol. The van der Waals surface area contributed by atoms with Crippen molar-refractivity contribution in [3.05, 3.63) is 76.9 Å². The number of hydrogen-bond acceptors (Lipinski definition) is 6. The van der Waals surface area contributed by atoms with Gasteiger partial charge in [-0.1, -0.05) is 42.0 Å². The molecule has 0 saturated carbocycles. The third kappa shape index (κ3) is 3.79. The van der Waals surface area contributed by atoms with Gasteiger partial charge in [0.2, 0.25) is 0 Å². The topological polar surface area (TPSA) is 52.1 Å².